The highest BCUT2D eigenvalue weighted by atomic mass is 16.5. The maximum Gasteiger partial charge on any atom is 0.274 e. The molecule has 0 fully saturated rings. The Balaban J connectivity index is 1.70. The minimum absolute atomic E-state index is 0.0445. The number of aromatic nitrogens is 2. The molecule has 9 nitrogen and oxygen atoms in total. The second-order valence-electron chi connectivity index (χ2n) is 7.79. The van der Waals surface area contributed by atoms with E-state index in [0.29, 0.717) is 39.9 Å². The van der Waals surface area contributed by atoms with Crippen molar-refractivity contribution in [2.45, 2.75) is 6.54 Å². The highest BCUT2D eigenvalue weighted by molar-refractivity contribution is 6.08. The van der Waals surface area contributed by atoms with Crippen LogP contribution in [0.25, 0.3) is 33.1 Å². The highest BCUT2D eigenvalue weighted by Crippen LogP contribution is 2.46. The molecule has 0 saturated carbocycles. The summed E-state index contributed by atoms with van der Waals surface area (Å²) in [6.45, 7) is 0.291. The van der Waals surface area contributed by atoms with E-state index in [0.717, 1.165) is 16.6 Å². The van der Waals surface area contributed by atoms with E-state index in [9.17, 15) is 14.8 Å². The molecule has 1 amide bonds. The van der Waals surface area contributed by atoms with Gasteiger partial charge in [0.2, 0.25) is 5.88 Å². The topological polar surface area (TPSA) is 129 Å². The number of nitrogens with zero attached hydrogens (tertiary/aromatic N) is 2. The molecule has 0 aliphatic heterocycles. The zero-order valence-electron chi connectivity index (χ0n) is 18.1. The van der Waals surface area contributed by atoms with Crippen LogP contribution in [0.1, 0.15) is 15.9 Å². The fourth-order valence-electron chi connectivity index (χ4n) is 4.27. The van der Waals surface area contributed by atoms with E-state index in [1.807, 2.05) is 24.3 Å². The van der Waals surface area contributed by atoms with Crippen LogP contribution in [0.2, 0.25) is 0 Å². The van der Waals surface area contributed by atoms with Crippen molar-refractivity contribution in [2.24, 2.45) is 5.18 Å². The number of amides is 1. The molecular formula is C25H20N4O5. The van der Waals surface area contributed by atoms with Gasteiger partial charge >= 0.3 is 0 Å². The summed E-state index contributed by atoms with van der Waals surface area (Å²) >= 11 is 0. The van der Waals surface area contributed by atoms with E-state index >= 15 is 0 Å². The molecule has 0 bridgehead atoms. The van der Waals surface area contributed by atoms with Crippen molar-refractivity contribution in [3.05, 3.63) is 82.8 Å². The van der Waals surface area contributed by atoms with Gasteiger partial charge in [-0.15, -0.1) is 4.91 Å². The first-order valence-electron chi connectivity index (χ1n) is 10.4. The number of benzene rings is 3. The molecule has 0 spiro atoms. The smallest absolute Gasteiger partial charge is 0.274 e. The summed E-state index contributed by atoms with van der Waals surface area (Å²) in [4.78, 5) is 26.7. The number of fused-ring (bicyclic) bond motifs is 2. The van der Waals surface area contributed by atoms with Gasteiger partial charge in [-0.1, -0.05) is 30.3 Å². The first-order chi connectivity index (χ1) is 16.5. The predicted octanol–water partition coefficient (Wildman–Crippen LogP) is 5.07. The normalized spacial score (nSPS) is 11.1. The van der Waals surface area contributed by atoms with Gasteiger partial charge in [-0.05, 0) is 47.1 Å². The van der Waals surface area contributed by atoms with Crippen LogP contribution in [0.4, 0.5) is 5.69 Å². The summed E-state index contributed by atoms with van der Waals surface area (Å²) in [7, 11) is 1.56. The van der Waals surface area contributed by atoms with Crippen molar-refractivity contribution >= 4 is 33.4 Å². The third-order valence-corrected chi connectivity index (χ3v) is 5.92. The van der Waals surface area contributed by atoms with Gasteiger partial charge in [-0.25, -0.2) is 5.48 Å². The Labute approximate surface area is 193 Å². The van der Waals surface area contributed by atoms with Crippen LogP contribution in [0, 0.1) is 4.91 Å². The SMILES string of the molecule is COc1ccc2c(c1)c(-c1[nH]c3ccccc3c1N=O)c(O)n2Cc1ccc(C(=O)NO)cc1. The molecule has 2 aromatic heterocycles. The molecule has 3 aromatic carbocycles. The highest BCUT2D eigenvalue weighted by Gasteiger charge is 2.24. The lowest BCUT2D eigenvalue weighted by molar-refractivity contribution is 0.0706. The van der Waals surface area contributed by atoms with Crippen molar-refractivity contribution in [1.29, 1.82) is 0 Å². The lowest BCUT2D eigenvalue weighted by Crippen LogP contribution is -2.18. The third-order valence-electron chi connectivity index (χ3n) is 5.92. The van der Waals surface area contributed by atoms with Crippen LogP contribution in [0.3, 0.4) is 0 Å². The second kappa shape index (κ2) is 8.38. The van der Waals surface area contributed by atoms with Crippen LogP contribution in [0.15, 0.2) is 71.9 Å². The van der Waals surface area contributed by atoms with Crippen LogP contribution in [0.5, 0.6) is 11.6 Å². The number of hydrogen-bond acceptors (Lipinski definition) is 6. The lowest BCUT2D eigenvalue weighted by atomic mass is 10.1. The van der Waals surface area contributed by atoms with Crippen molar-refractivity contribution < 1.29 is 19.8 Å². The number of nitrogens with one attached hydrogen (secondary N) is 2. The molecule has 2 heterocycles. The van der Waals surface area contributed by atoms with Crippen molar-refractivity contribution in [1.82, 2.24) is 15.0 Å². The number of hydrogen-bond donors (Lipinski definition) is 4. The van der Waals surface area contributed by atoms with Crippen molar-refractivity contribution in [2.75, 3.05) is 7.11 Å². The quantitative estimate of drug-likeness (QED) is 0.161. The molecule has 0 aliphatic rings. The molecule has 5 rings (SSSR count). The average molecular weight is 456 g/mol. The Kier molecular flexibility index (Phi) is 5.23. The van der Waals surface area contributed by atoms with Crippen LogP contribution in [-0.2, 0) is 6.54 Å². The van der Waals surface area contributed by atoms with Gasteiger partial charge in [0.05, 0.1) is 30.4 Å². The second-order valence-corrected chi connectivity index (χ2v) is 7.79. The fourth-order valence-corrected chi connectivity index (χ4v) is 4.27. The van der Waals surface area contributed by atoms with Gasteiger partial charge in [-0.3, -0.25) is 10.0 Å². The monoisotopic (exact) mass is 456 g/mol. The number of aromatic amines is 1. The number of para-hydroxylation sites is 1. The average Bonchev–Trinajstić information content (AvgIpc) is 3.37. The van der Waals surface area contributed by atoms with Crippen molar-refractivity contribution in [3.8, 4) is 22.9 Å². The van der Waals surface area contributed by atoms with Gasteiger partial charge in [0.1, 0.15) is 11.4 Å². The van der Waals surface area contributed by atoms with Crippen LogP contribution >= 0.6 is 0 Å². The molecular weight excluding hydrogens is 436 g/mol. The Hall–Kier alpha value is -4.63. The Bertz CT molecular complexity index is 1550. The summed E-state index contributed by atoms with van der Waals surface area (Å²) < 4.78 is 7.11. The summed E-state index contributed by atoms with van der Waals surface area (Å²) in [6.07, 6.45) is 0. The lowest BCUT2D eigenvalue weighted by Gasteiger charge is -2.09. The largest absolute Gasteiger partial charge is 0.497 e. The molecule has 170 valence electrons. The minimum Gasteiger partial charge on any atom is -0.497 e. The predicted molar refractivity (Wildman–Crippen MR) is 128 cm³/mol. The number of methoxy groups -OCH3 is 1. The first-order valence-corrected chi connectivity index (χ1v) is 10.4. The zero-order valence-corrected chi connectivity index (χ0v) is 18.1. The molecule has 5 aromatic rings. The number of carbonyl (C=O) groups is 1. The van der Waals surface area contributed by atoms with Crippen molar-refractivity contribution in [3.63, 3.8) is 0 Å². The third kappa shape index (κ3) is 3.35. The van der Waals surface area contributed by atoms with E-state index in [1.165, 1.54) is 0 Å². The summed E-state index contributed by atoms with van der Waals surface area (Å²) in [6, 6.07) is 19.4. The zero-order chi connectivity index (χ0) is 23.8. The van der Waals surface area contributed by atoms with E-state index in [1.54, 1.807) is 59.6 Å². The summed E-state index contributed by atoms with van der Waals surface area (Å²) in [5, 5.41) is 24.8. The van der Waals surface area contributed by atoms with E-state index in [4.69, 9.17) is 9.94 Å². The number of H-pyrrole nitrogens is 1. The van der Waals surface area contributed by atoms with Gasteiger partial charge in [0, 0.05) is 21.9 Å². The van der Waals surface area contributed by atoms with Gasteiger partial charge < -0.3 is 19.4 Å². The number of nitroso groups, excluding NO2 is 1. The number of carbonyl (C=O) groups excluding carboxylic acids is 1. The number of hydroxylamine groups is 1. The Morgan fingerprint density at radius 2 is 1.85 bits per heavy atom. The Morgan fingerprint density at radius 3 is 2.56 bits per heavy atom. The van der Waals surface area contributed by atoms with Gasteiger partial charge in [0.25, 0.3) is 5.91 Å². The molecule has 0 unspecified atom stereocenters. The van der Waals surface area contributed by atoms with Crippen LogP contribution < -0.4 is 10.2 Å². The molecule has 0 saturated heterocycles. The molecule has 0 radical (unpaired) electrons. The van der Waals surface area contributed by atoms with Crippen LogP contribution in [-0.4, -0.2) is 32.9 Å². The standard InChI is InChI=1S/C25H20N4O5/c1-34-16-10-11-20-18(12-16)21(23-22(27-32)17-4-2-3-5-19(17)26-23)25(31)29(20)13-14-6-8-15(9-7-14)24(30)28-33/h2-12,26,31,33H,13H2,1H3,(H,28,30). The Morgan fingerprint density at radius 1 is 1.09 bits per heavy atom. The maximum atomic E-state index is 11.8. The van der Waals surface area contributed by atoms with E-state index in [-0.39, 0.29) is 11.6 Å². The summed E-state index contributed by atoms with van der Waals surface area (Å²) in [5.41, 5.74) is 5.25. The molecule has 0 aliphatic carbocycles. The molecule has 4 N–H and O–H groups in total. The number of ether oxygens (including phenoxy) is 1. The first kappa shape index (κ1) is 21.2. The minimum atomic E-state index is -0.608. The van der Waals surface area contributed by atoms with E-state index < -0.39 is 5.91 Å². The molecule has 9 heteroatoms. The number of aromatic hydroxyl groups is 1. The molecule has 0 atom stereocenters. The van der Waals surface area contributed by atoms with Gasteiger partial charge in [-0.2, -0.15) is 0 Å². The molecule has 34 heavy (non-hydrogen) atoms. The number of rotatable bonds is 6. The maximum absolute atomic E-state index is 11.8. The van der Waals surface area contributed by atoms with Gasteiger partial charge in [0.15, 0.2) is 0 Å². The fraction of sp³-hybridized carbons (Fsp3) is 0.0800. The summed E-state index contributed by atoms with van der Waals surface area (Å²) in [5.74, 6) is -0.0539. The van der Waals surface area contributed by atoms with E-state index in [2.05, 4.69) is 10.2 Å².